The summed E-state index contributed by atoms with van der Waals surface area (Å²) in [5.41, 5.74) is 2.41. The number of likely N-dealkylation sites (N-methyl/N-ethyl adjacent to an activating group) is 1. The smallest absolute Gasteiger partial charge is 0.255 e. The van der Waals surface area contributed by atoms with E-state index in [1.54, 1.807) is 18.2 Å². The lowest BCUT2D eigenvalue weighted by molar-refractivity contribution is 0.102. The predicted molar refractivity (Wildman–Crippen MR) is 101 cm³/mol. The third-order valence-corrected chi connectivity index (χ3v) is 4.91. The molecule has 0 unspecified atom stereocenters. The summed E-state index contributed by atoms with van der Waals surface area (Å²) in [7, 11) is 2.14. The molecule has 1 aliphatic rings. The molecule has 2 aromatic carbocycles. The summed E-state index contributed by atoms with van der Waals surface area (Å²) in [5.74, 6) is -0.207. The molecule has 1 heterocycles. The van der Waals surface area contributed by atoms with E-state index in [1.165, 1.54) is 5.69 Å². The topological polar surface area (TPSA) is 35.6 Å². The molecule has 0 atom stereocenters. The number of hydrogen-bond acceptors (Lipinski definition) is 3. The fourth-order valence-electron chi connectivity index (χ4n) is 2.66. The minimum Gasteiger partial charge on any atom is -0.369 e. The quantitative estimate of drug-likeness (QED) is 0.894. The van der Waals surface area contributed by atoms with Gasteiger partial charge in [0.15, 0.2) is 0 Å². The van der Waals surface area contributed by atoms with Crippen LogP contribution in [0.15, 0.2) is 42.5 Å². The maximum atomic E-state index is 12.3. The Morgan fingerprint density at radius 1 is 0.958 bits per heavy atom. The van der Waals surface area contributed by atoms with Gasteiger partial charge in [-0.3, -0.25) is 4.79 Å². The Kier molecular flexibility index (Phi) is 5.29. The number of piperazine rings is 1. The number of amides is 1. The van der Waals surface area contributed by atoms with Crippen LogP contribution in [-0.2, 0) is 0 Å². The lowest BCUT2D eigenvalue weighted by Gasteiger charge is -2.34. The zero-order valence-electron chi connectivity index (χ0n) is 13.4. The van der Waals surface area contributed by atoms with E-state index < -0.39 is 0 Å². The molecule has 2 aromatic rings. The van der Waals surface area contributed by atoms with Crippen molar-refractivity contribution >= 4 is 40.5 Å². The number of rotatable bonds is 3. The van der Waals surface area contributed by atoms with E-state index in [1.807, 2.05) is 24.3 Å². The molecule has 126 valence electrons. The van der Waals surface area contributed by atoms with E-state index in [-0.39, 0.29) is 5.91 Å². The third-order valence-electron chi connectivity index (χ3n) is 4.18. The normalized spacial score (nSPS) is 15.4. The van der Waals surface area contributed by atoms with Crippen LogP contribution in [0.2, 0.25) is 10.0 Å². The Hall–Kier alpha value is -1.75. The number of anilines is 2. The van der Waals surface area contributed by atoms with Crippen molar-refractivity contribution in [2.45, 2.75) is 0 Å². The van der Waals surface area contributed by atoms with Gasteiger partial charge in [-0.2, -0.15) is 0 Å². The molecule has 0 bridgehead atoms. The first-order valence-corrected chi connectivity index (χ1v) is 8.58. The highest BCUT2D eigenvalue weighted by Gasteiger charge is 2.14. The van der Waals surface area contributed by atoms with Gasteiger partial charge in [0, 0.05) is 43.1 Å². The van der Waals surface area contributed by atoms with Gasteiger partial charge in [0.05, 0.1) is 10.0 Å². The Balaban J connectivity index is 1.65. The van der Waals surface area contributed by atoms with Crippen LogP contribution >= 0.6 is 23.2 Å². The van der Waals surface area contributed by atoms with Crippen LogP contribution in [0, 0.1) is 0 Å². The van der Waals surface area contributed by atoms with E-state index in [0.29, 0.717) is 15.6 Å². The molecule has 0 saturated carbocycles. The standard InChI is InChI=1S/C18H19Cl2N3O/c1-22-8-10-23(11-9-22)15-5-3-14(4-6-15)21-18(24)13-2-7-16(19)17(20)12-13/h2-7,12H,8-11H2,1H3,(H,21,24). The van der Waals surface area contributed by atoms with E-state index in [4.69, 9.17) is 23.2 Å². The van der Waals surface area contributed by atoms with Crippen LogP contribution in [0.5, 0.6) is 0 Å². The number of carbonyl (C=O) groups is 1. The van der Waals surface area contributed by atoms with E-state index in [9.17, 15) is 4.79 Å². The van der Waals surface area contributed by atoms with Gasteiger partial charge < -0.3 is 15.1 Å². The van der Waals surface area contributed by atoms with Gasteiger partial charge in [-0.05, 0) is 49.5 Å². The average Bonchev–Trinajstić information content (AvgIpc) is 2.59. The number of benzene rings is 2. The lowest BCUT2D eigenvalue weighted by Crippen LogP contribution is -2.44. The molecule has 0 aromatic heterocycles. The minimum atomic E-state index is -0.207. The van der Waals surface area contributed by atoms with Crippen LogP contribution in [0.3, 0.4) is 0 Å². The van der Waals surface area contributed by atoms with Crippen molar-refractivity contribution in [2.75, 3.05) is 43.4 Å². The van der Waals surface area contributed by atoms with Crippen molar-refractivity contribution in [3.8, 4) is 0 Å². The van der Waals surface area contributed by atoms with Crippen LogP contribution in [-0.4, -0.2) is 44.0 Å². The Morgan fingerprint density at radius 3 is 2.25 bits per heavy atom. The van der Waals surface area contributed by atoms with Gasteiger partial charge in [-0.15, -0.1) is 0 Å². The summed E-state index contributed by atoms with van der Waals surface area (Å²) in [6, 6.07) is 12.8. The highest BCUT2D eigenvalue weighted by molar-refractivity contribution is 6.42. The van der Waals surface area contributed by atoms with E-state index >= 15 is 0 Å². The minimum absolute atomic E-state index is 0.207. The molecule has 1 N–H and O–H groups in total. The molecule has 1 fully saturated rings. The SMILES string of the molecule is CN1CCN(c2ccc(NC(=O)c3ccc(Cl)c(Cl)c3)cc2)CC1. The van der Waals surface area contributed by atoms with Gasteiger partial charge in [-0.25, -0.2) is 0 Å². The largest absolute Gasteiger partial charge is 0.369 e. The van der Waals surface area contributed by atoms with Crippen LogP contribution in [0.4, 0.5) is 11.4 Å². The zero-order valence-corrected chi connectivity index (χ0v) is 14.9. The second kappa shape index (κ2) is 7.43. The molecule has 1 amide bonds. The van der Waals surface area contributed by atoms with Gasteiger partial charge >= 0.3 is 0 Å². The third kappa shape index (κ3) is 4.01. The molecule has 0 aliphatic carbocycles. The molecule has 24 heavy (non-hydrogen) atoms. The number of carbonyl (C=O) groups excluding carboxylic acids is 1. The first kappa shape index (κ1) is 17.1. The summed E-state index contributed by atoms with van der Waals surface area (Å²) >= 11 is 11.8. The molecule has 0 spiro atoms. The zero-order chi connectivity index (χ0) is 17.1. The Labute approximate surface area is 152 Å². The molecule has 6 heteroatoms. The summed E-state index contributed by atoms with van der Waals surface area (Å²) in [6.07, 6.45) is 0. The number of halogens is 2. The first-order valence-electron chi connectivity index (χ1n) is 7.83. The van der Waals surface area contributed by atoms with E-state index in [0.717, 1.165) is 31.9 Å². The summed E-state index contributed by atoms with van der Waals surface area (Å²) in [6.45, 7) is 4.17. The summed E-state index contributed by atoms with van der Waals surface area (Å²) in [4.78, 5) is 16.9. The van der Waals surface area contributed by atoms with Crippen molar-refractivity contribution in [3.63, 3.8) is 0 Å². The first-order chi connectivity index (χ1) is 11.5. The summed E-state index contributed by atoms with van der Waals surface area (Å²) < 4.78 is 0. The molecular formula is C18H19Cl2N3O. The van der Waals surface area contributed by atoms with Gasteiger partial charge in [0.25, 0.3) is 5.91 Å². The fourth-order valence-corrected chi connectivity index (χ4v) is 2.96. The van der Waals surface area contributed by atoms with Crippen molar-refractivity contribution in [1.29, 1.82) is 0 Å². The lowest BCUT2D eigenvalue weighted by atomic mass is 10.2. The molecule has 1 aliphatic heterocycles. The number of hydrogen-bond donors (Lipinski definition) is 1. The maximum Gasteiger partial charge on any atom is 0.255 e. The molecule has 1 saturated heterocycles. The monoisotopic (exact) mass is 363 g/mol. The number of nitrogens with zero attached hydrogens (tertiary/aromatic N) is 2. The second-order valence-corrected chi connectivity index (χ2v) is 6.73. The molecular weight excluding hydrogens is 345 g/mol. The van der Waals surface area contributed by atoms with Gasteiger partial charge in [-0.1, -0.05) is 23.2 Å². The van der Waals surface area contributed by atoms with E-state index in [2.05, 4.69) is 22.2 Å². The highest BCUT2D eigenvalue weighted by Crippen LogP contribution is 2.24. The fraction of sp³-hybridized carbons (Fsp3) is 0.278. The van der Waals surface area contributed by atoms with Crippen LogP contribution in [0.25, 0.3) is 0 Å². The van der Waals surface area contributed by atoms with Crippen molar-refractivity contribution in [3.05, 3.63) is 58.1 Å². The Morgan fingerprint density at radius 2 is 1.62 bits per heavy atom. The predicted octanol–water partition coefficient (Wildman–Crippen LogP) is 4.00. The van der Waals surface area contributed by atoms with Crippen molar-refractivity contribution < 1.29 is 4.79 Å². The molecule has 0 radical (unpaired) electrons. The Bertz CT molecular complexity index is 726. The van der Waals surface area contributed by atoms with Crippen molar-refractivity contribution in [2.24, 2.45) is 0 Å². The number of nitrogens with one attached hydrogen (secondary N) is 1. The average molecular weight is 364 g/mol. The van der Waals surface area contributed by atoms with Gasteiger partial charge in [0.2, 0.25) is 0 Å². The molecule has 3 rings (SSSR count). The maximum absolute atomic E-state index is 12.3. The van der Waals surface area contributed by atoms with Crippen molar-refractivity contribution in [1.82, 2.24) is 4.90 Å². The van der Waals surface area contributed by atoms with Gasteiger partial charge in [0.1, 0.15) is 0 Å². The second-order valence-electron chi connectivity index (χ2n) is 5.92. The highest BCUT2D eigenvalue weighted by atomic mass is 35.5. The molecule has 4 nitrogen and oxygen atoms in total. The van der Waals surface area contributed by atoms with Crippen LogP contribution in [0.1, 0.15) is 10.4 Å². The summed E-state index contributed by atoms with van der Waals surface area (Å²) in [5, 5.41) is 3.68. The van der Waals surface area contributed by atoms with Crippen LogP contribution < -0.4 is 10.2 Å².